The van der Waals surface area contributed by atoms with Gasteiger partial charge in [0, 0.05) is 16.2 Å². The summed E-state index contributed by atoms with van der Waals surface area (Å²) in [6, 6.07) is 18.7. The maximum Gasteiger partial charge on any atom is 0.253 e. The van der Waals surface area contributed by atoms with Gasteiger partial charge in [-0.05, 0) is 37.1 Å². The number of rotatable bonds is 7. The summed E-state index contributed by atoms with van der Waals surface area (Å²) in [4.78, 5) is 4.09. The van der Waals surface area contributed by atoms with Gasteiger partial charge >= 0.3 is 0 Å². The summed E-state index contributed by atoms with van der Waals surface area (Å²) in [6.07, 6.45) is 4.19. The van der Waals surface area contributed by atoms with E-state index in [9.17, 15) is 8.42 Å². The minimum absolute atomic E-state index is 0.192. The van der Waals surface area contributed by atoms with E-state index in [0.29, 0.717) is 0 Å². The summed E-state index contributed by atoms with van der Waals surface area (Å²) < 4.78 is 24.8. The number of nitrogens with one attached hydrogen (secondary N) is 2. The van der Waals surface area contributed by atoms with E-state index in [0.717, 1.165) is 31.4 Å². The molecule has 2 aromatic carbocycles. The third-order valence-corrected chi connectivity index (χ3v) is 6.89. The fourth-order valence-electron chi connectivity index (χ4n) is 2.93. The lowest BCUT2D eigenvalue weighted by Crippen LogP contribution is -2.54. The van der Waals surface area contributed by atoms with Gasteiger partial charge < -0.3 is 0 Å². The molecule has 0 spiro atoms. The third-order valence-electron chi connectivity index (χ3n) is 4.32. The Morgan fingerprint density at radius 2 is 1.50 bits per heavy atom. The van der Waals surface area contributed by atoms with Crippen LogP contribution in [0.3, 0.4) is 0 Å². The quantitative estimate of drug-likeness (QED) is 0.584. The molecule has 0 amide bonds. The number of thioether (sulfide) groups is 1. The Morgan fingerprint density at radius 3 is 2.12 bits per heavy atom. The molecule has 2 N–H and O–H groups in total. The highest BCUT2D eigenvalue weighted by molar-refractivity contribution is 7.99. The Labute approximate surface area is 148 Å². The first-order valence-electron chi connectivity index (χ1n) is 8.12. The molecule has 3 rings (SSSR count). The first-order valence-corrected chi connectivity index (χ1v) is 10.6. The second kappa shape index (κ2) is 7.70. The van der Waals surface area contributed by atoms with Crippen molar-refractivity contribution in [3.05, 3.63) is 60.7 Å². The normalized spacial score (nSPS) is 17.0. The maximum atomic E-state index is 12.4. The smallest absolute Gasteiger partial charge is 0.237 e. The summed E-state index contributed by atoms with van der Waals surface area (Å²) in [5.41, 5.74) is 2.95. The van der Waals surface area contributed by atoms with Gasteiger partial charge in [0.1, 0.15) is 0 Å². The molecule has 4 nitrogen and oxygen atoms in total. The topological polar surface area (TPSA) is 58.2 Å². The van der Waals surface area contributed by atoms with E-state index in [2.05, 4.69) is 22.4 Å². The van der Waals surface area contributed by atoms with E-state index >= 15 is 0 Å². The van der Waals surface area contributed by atoms with Crippen LogP contribution < -0.4 is 10.3 Å². The van der Waals surface area contributed by atoms with Crippen LogP contribution in [0.25, 0.3) is 0 Å². The predicted octanol–water partition coefficient (Wildman–Crippen LogP) is 3.57. The average Bonchev–Trinajstić information content (AvgIpc) is 3.10. The maximum absolute atomic E-state index is 12.4. The number of benzene rings is 2. The third kappa shape index (κ3) is 4.39. The van der Waals surface area contributed by atoms with Crippen molar-refractivity contribution in [2.75, 3.05) is 5.75 Å². The summed E-state index contributed by atoms with van der Waals surface area (Å²) in [7, 11) is -3.54. The van der Waals surface area contributed by atoms with Crippen LogP contribution in [-0.4, -0.2) is 19.7 Å². The molecule has 0 aliphatic heterocycles. The van der Waals surface area contributed by atoms with Gasteiger partial charge in [-0.2, -0.15) is 0 Å². The molecule has 1 fully saturated rings. The molecule has 0 atom stereocenters. The highest BCUT2D eigenvalue weighted by atomic mass is 32.2. The van der Waals surface area contributed by atoms with Crippen molar-refractivity contribution in [2.45, 2.75) is 41.0 Å². The van der Waals surface area contributed by atoms with Crippen molar-refractivity contribution in [1.82, 2.24) is 10.3 Å². The van der Waals surface area contributed by atoms with Gasteiger partial charge in [0.25, 0.3) is 10.0 Å². The van der Waals surface area contributed by atoms with E-state index in [1.807, 2.05) is 18.2 Å². The SMILES string of the molecule is O=S(=O)(NNC1(CSc2ccccc2)CCCC1)c1ccccc1. The average molecular weight is 363 g/mol. The molecule has 6 heteroatoms. The Hall–Kier alpha value is -1.34. The van der Waals surface area contributed by atoms with Crippen molar-refractivity contribution >= 4 is 21.8 Å². The van der Waals surface area contributed by atoms with Crippen LogP contribution in [0.4, 0.5) is 0 Å². The van der Waals surface area contributed by atoms with Crippen molar-refractivity contribution in [1.29, 1.82) is 0 Å². The van der Waals surface area contributed by atoms with Gasteiger partial charge in [-0.25, -0.2) is 13.8 Å². The first kappa shape index (κ1) is 17.5. The van der Waals surface area contributed by atoms with Gasteiger partial charge in [0.2, 0.25) is 0 Å². The van der Waals surface area contributed by atoms with Crippen LogP contribution in [0.1, 0.15) is 25.7 Å². The number of sulfonamides is 1. The van der Waals surface area contributed by atoms with Crippen LogP contribution in [0.5, 0.6) is 0 Å². The molecule has 0 heterocycles. The standard InChI is InChI=1S/C18H22N2O2S2/c21-24(22,17-11-5-2-6-12-17)20-19-18(13-7-8-14-18)15-23-16-9-3-1-4-10-16/h1-6,9-12,19-20H,7-8,13-15H2. The van der Waals surface area contributed by atoms with Gasteiger partial charge in [-0.1, -0.05) is 49.2 Å². The molecule has 1 saturated carbocycles. The molecule has 1 aliphatic rings. The summed E-state index contributed by atoms with van der Waals surface area (Å²) >= 11 is 1.77. The van der Waals surface area contributed by atoms with Crippen molar-refractivity contribution in [2.24, 2.45) is 0 Å². The van der Waals surface area contributed by atoms with Crippen molar-refractivity contribution in [3.8, 4) is 0 Å². The number of hydrazine groups is 1. The monoisotopic (exact) mass is 362 g/mol. The lowest BCUT2D eigenvalue weighted by atomic mass is 10.0. The van der Waals surface area contributed by atoms with Crippen LogP contribution in [0.2, 0.25) is 0 Å². The number of hydrogen-bond donors (Lipinski definition) is 2. The molecule has 0 aromatic heterocycles. The molecule has 0 radical (unpaired) electrons. The highest BCUT2D eigenvalue weighted by Gasteiger charge is 2.35. The predicted molar refractivity (Wildman–Crippen MR) is 98.3 cm³/mol. The van der Waals surface area contributed by atoms with Crippen LogP contribution >= 0.6 is 11.8 Å². The molecular weight excluding hydrogens is 340 g/mol. The Kier molecular flexibility index (Phi) is 5.61. The van der Waals surface area contributed by atoms with Gasteiger partial charge in [0.15, 0.2) is 0 Å². The van der Waals surface area contributed by atoms with Gasteiger partial charge in [-0.15, -0.1) is 16.6 Å². The zero-order valence-electron chi connectivity index (χ0n) is 13.4. The molecule has 0 unspecified atom stereocenters. The zero-order valence-corrected chi connectivity index (χ0v) is 15.1. The fraction of sp³-hybridized carbons (Fsp3) is 0.333. The number of hydrogen-bond acceptors (Lipinski definition) is 4. The lowest BCUT2D eigenvalue weighted by molar-refractivity contribution is 0.354. The molecule has 1 aliphatic carbocycles. The highest BCUT2D eigenvalue weighted by Crippen LogP contribution is 2.34. The van der Waals surface area contributed by atoms with Crippen molar-refractivity contribution in [3.63, 3.8) is 0 Å². The van der Waals surface area contributed by atoms with Gasteiger partial charge in [0.05, 0.1) is 4.90 Å². The Bertz CT molecular complexity index is 743. The van der Waals surface area contributed by atoms with Crippen LogP contribution in [0.15, 0.2) is 70.5 Å². The van der Waals surface area contributed by atoms with E-state index in [4.69, 9.17) is 0 Å². The second-order valence-corrected chi connectivity index (χ2v) is 8.86. The van der Waals surface area contributed by atoms with E-state index in [1.165, 1.54) is 4.90 Å². The zero-order chi connectivity index (χ0) is 16.9. The van der Waals surface area contributed by atoms with Crippen LogP contribution in [-0.2, 0) is 10.0 Å². The van der Waals surface area contributed by atoms with E-state index in [-0.39, 0.29) is 10.4 Å². The summed E-state index contributed by atoms with van der Waals surface area (Å²) in [5, 5.41) is 0. The molecule has 0 saturated heterocycles. The molecule has 2 aromatic rings. The molecular formula is C18H22N2O2S2. The minimum atomic E-state index is -3.54. The molecule has 0 bridgehead atoms. The summed E-state index contributed by atoms with van der Waals surface area (Å²) in [6.45, 7) is 0. The minimum Gasteiger partial charge on any atom is -0.237 e. The van der Waals surface area contributed by atoms with Gasteiger partial charge in [-0.3, -0.25) is 0 Å². The Balaban J connectivity index is 1.66. The largest absolute Gasteiger partial charge is 0.253 e. The van der Waals surface area contributed by atoms with Crippen LogP contribution in [0, 0.1) is 0 Å². The summed E-state index contributed by atoms with van der Waals surface area (Å²) in [5.74, 6) is 0.842. The molecule has 128 valence electrons. The Morgan fingerprint density at radius 1 is 0.917 bits per heavy atom. The van der Waals surface area contributed by atoms with E-state index < -0.39 is 10.0 Å². The lowest BCUT2D eigenvalue weighted by Gasteiger charge is -2.30. The molecule has 24 heavy (non-hydrogen) atoms. The first-order chi connectivity index (χ1) is 11.6. The van der Waals surface area contributed by atoms with Crippen molar-refractivity contribution < 1.29 is 8.42 Å². The van der Waals surface area contributed by atoms with E-state index in [1.54, 1.807) is 42.1 Å². The second-order valence-electron chi connectivity index (χ2n) is 6.13. The fourth-order valence-corrected chi connectivity index (χ4v) is 5.07.